The van der Waals surface area contributed by atoms with Gasteiger partial charge in [0, 0.05) is 11.6 Å². The van der Waals surface area contributed by atoms with Crippen LogP contribution in [0.5, 0.6) is 0 Å². The van der Waals surface area contributed by atoms with Gasteiger partial charge in [-0.05, 0) is 24.8 Å². The predicted octanol–water partition coefficient (Wildman–Crippen LogP) is 4.41. The molecule has 0 heterocycles. The molecule has 0 aliphatic rings. The van der Waals surface area contributed by atoms with Crippen LogP contribution in [0.4, 0.5) is 0 Å². The molecule has 1 unspecified atom stereocenters. The Balaban J connectivity index is 2.63. The minimum absolute atomic E-state index is 0.0496. The van der Waals surface area contributed by atoms with Crippen molar-refractivity contribution < 1.29 is 0 Å². The molecule has 0 aliphatic heterocycles. The van der Waals surface area contributed by atoms with Crippen molar-refractivity contribution in [3.63, 3.8) is 0 Å². The van der Waals surface area contributed by atoms with E-state index < -0.39 is 0 Å². The first-order valence-electron chi connectivity index (χ1n) is 8.70. The molecular formula is C19H34N2. The molecular weight excluding hydrogens is 256 g/mol. The van der Waals surface area contributed by atoms with E-state index in [4.69, 9.17) is 11.5 Å². The highest BCUT2D eigenvalue weighted by Crippen LogP contribution is 2.25. The number of unbranched alkanes of at least 4 members (excludes halogenated alkanes) is 4. The smallest absolute Gasteiger partial charge is 0.0311 e. The lowest BCUT2D eigenvalue weighted by Gasteiger charge is -2.36. The van der Waals surface area contributed by atoms with Crippen LogP contribution in [0.3, 0.4) is 0 Å². The first-order chi connectivity index (χ1) is 10.1. The third kappa shape index (κ3) is 6.62. The molecule has 0 bridgehead atoms. The number of nitrogens with two attached hydrogens (primary N) is 2. The Hall–Kier alpha value is -0.860. The minimum Gasteiger partial charge on any atom is -0.326 e. The highest BCUT2D eigenvalue weighted by Gasteiger charge is 2.31. The van der Waals surface area contributed by atoms with Crippen LogP contribution in [0.25, 0.3) is 0 Å². The molecule has 4 N–H and O–H groups in total. The highest BCUT2D eigenvalue weighted by atomic mass is 14.9. The average Bonchev–Trinajstić information content (AvgIpc) is 2.49. The molecule has 0 aliphatic carbocycles. The average molecular weight is 290 g/mol. The van der Waals surface area contributed by atoms with Gasteiger partial charge in [0.25, 0.3) is 0 Å². The fraction of sp³-hybridized carbons (Fsp3) is 0.684. The van der Waals surface area contributed by atoms with Crippen molar-refractivity contribution >= 4 is 0 Å². The van der Waals surface area contributed by atoms with Gasteiger partial charge >= 0.3 is 0 Å². The van der Waals surface area contributed by atoms with E-state index in [2.05, 4.69) is 38.1 Å². The van der Waals surface area contributed by atoms with E-state index in [1.165, 1.54) is 44.1 Å². The third-order valence-electron chi connectivity index (χ3n) is 4.53. The Bertz CT molecular complexity index is 351. The molecule has 1 rings (SSSR count). The first-order valence-corrected chi connectivity index (χ1v) is 8.70. The normalized spacial score (nSPS) is 13.3. The maximum absolute atomic E-state index is 6.75. The second kappa shape index (κ2) is 9.97. The Morgan fingerprint density at radius 2 is 1.43 bits per heavy atom. The van der Waals surface area contributed by atoms with Crippen LogP contribution in [-0.4, -0.2) is 11.6 Å². The second-order valence-electron chi connectivity index (χ2n) is 6.44. The summed E-state index contributed by atoms with van der Waals surface area (Å²) in [7, 11) is 0. The van der Waals surface area contributed by atoms with Gasteiger partial charge in [0.2, 0.25) is 0 Å². The largest absolute Gasteiger partial charge is 0.326 e. The molecule has 0 amide bonds. The Kier molecular flexibility index (Phi) is 8.63. The summed E-state index contributed by atoms with van der Waals surface area (Å²) in [6, 6.07) is 10.6. The van der Waals surface area contributed by atoms with Crippen molar-refractivity contribution in [2.75, 3.05) is 0 Å². The van der Waals surface area contributed by atoms with Crippen LogP contribution in [0.2, 0.25) is 0 Å². The van der Waals surface area contributed by atoms with Crippen LogP contribution < -0.4 is 11.5 Å². The number of benzene rings is 1. The Morgan fingerprint density at radius 1 is 0.905 bits per heavy atom. The standard InChI is InChI=1S/C19H34N2/c1-3-5-10-14-19(21,15-11-6-4-2)18(20)16-17-12-8-7-9-13-17/h7-9,12-13,18H,3-6,10-11,14-16,20-21H2,1-2H3. The maximum atomic E-state index is 6.75. The van der Waals surface area contributed by atoms with Crippen LogP contribution in [0.1, 0.15) is 70.8 Å². The van der Waals surface area contributed by atoms with Crippen molar-refractivity contribution in [2.24, 2.45) is 11.5 Å². The molecule has 0 saturated heterocycles. The van der Waals surface area contributed by atoms with Gasteiger partial charge in [-0.3, -0.25) is 0 Å². The topological polar surface area (TPSA) is 52.0 Å². The summed E-state index contributed by atoms with van der Waals surface area (Å²) in [4.78, 5) is 0. The lowest BCUT2D eigenvalue weighted by molar-refractivity contribution is 0.278. The van der Waals surface area contributed by atoms with E-state index in [9.17, 15) is 0 Å². The van der Waals surface area contributed by atoms with Crippen LogP contribution >= 0.6 is 0 Å². The van der Waals surface area contributed by atoms with E-state index in [1.807, 2.05) is 6.07 Å². The fourth-order valence-corrected chi connectivity index (χ4v) is 2.98. The van der Waals surface area contributed by atoms with Gasteiger partial charge in [0.1, 0.15) is 0 Å². The zero-order valence-corrected chi connectivity index (χ0v) is 14.0. The Labute approximate surface area is 131 Å². The molecule has 0 fully saturated rings. The van der Waals surface area contributed by atoms with E-state index in [0.717, 1.165) is 19.3 Å². The van der Waals surface area contributed by atoms with E-state index >= 15 is 0 Å². The summed E-state index contributed by atoms with van der Waals surface area (Å²) in [5.74, 6) is 0. The number of hydrogen-bond donors (Lipinski definition) is 2. The Morgan fingerprint density at radius 3 is 1.90 bits per heavy atom. The molecule has 21 heavy (non-hydrogen) atoms. The first kappa shape index (κ1) is 18.2. The van der Waals surface area contributed by atoms with Gasteiger partial charge in [0.15, 0.2) is 0 Å². The molecule has 2 nitrogen and oxygen atoms in total. The van der Waals surface area contributed by atoms with Crippen molar-refractivity contribution in [1.29, 1.82) is 0 Å². The molecule has 1 atom stereocenters. The molecule has 0 spiro atoms. The van der Waals surface area contributed by atoms with E-state index in [0.29, 0.717) is 0 Å². The number of rotatable bonds is 11. The molecule has 1 aromatic carbocycles. The van der Waals surface area contributed by atoms with Crippen molar-refractivity contribution in [3.05, 3.63) is 35.9 Å². The molecule has 1 aromatic rings. The van der Waals surface area contributed by atoms with E-state index in [-0.39, 0.29) is 11.6 Å². The molecule has 0 aromatic heterocycles. The zero-order valence-electron chi connectivity index (χ0n) is 14.0. The van der Waals surface area contributed by atoms with Crippen LogP contribution in [0.15, 0.2) is 30.3 Å². The van der Waals surface area contributed by atoms with Gasteiger partial charge in [-0.25, -0.2) is 0 Å². The molecule has 2 heteroatoms. The van der Waals surface area contributed by atoms with Gasteiger partial charge in [-0.2, -0.15) is 0 Å². The van der Waals surface area contributed by atoms with Crippen molar-refractivity contribution in [2.45, 2.75) is 83.2 Å². The highest BCUT2D eigenvalue weighted by molar-refractivity contribution is 5.17. The summed E-state index contributed by atoms with van der Waals surface area (Å²) in [6.07, 6.45) is 10.4. The van der Waals surface area contributed by atoms with Gasteiger partial charge < -0.3 is 11.5 Å². The zero-order chi connectivity index (χ0) is 15.6. The van der Waals surface area contributed by atoms with Gasteiger partial charge in [-0.15, -0.1) is 0 Å². The summed E-state index contributed by atoms with van der Waals surface area (Å²) in [5, 5.41) is 0. The minimum atomic E-state index is -0.208. The second-order valence-corrected chi connectivity index (χ2v) is 6.44. The summed E-state index contributed by atoms with van der Waals surface area (Å²) in [6.45, 7) is 4.47. The molecule has 0 radical (unpaired) electrons. The molecule has 120 valence electrons. The monoisotopic (exact) mass is 290 g/mol. The lowest BCUT2D eigenvalue weighted by Crippen LogP contribution is -2.56. The third-order valence-corrected chi connectivity index (χ3v) is 4.53. The fourth-order valence-electron chi connectivity index (χ4n) is 2.98. The SMILES string of the molecule is CCCCCC(N)(CCCCC)C(N)Cc1ccccc1. The van der Waals surface area contributed by atoms with Gasteiger partial charge in [0.05, 0.1) is 0 Å². The maximum Gasteiger partial charge on any atom is 0.0311 e. The predicted molar refractivity (Wildman–Crippen MR) is 93.3 cm³/mol. The summed E-state index contributed by atoms with van der Waals surface area (Å²) in [5.41, 5.74) is 14.4. The van der Waals surface area contributed by atoms with Gasteiger partial charge in [-0.1, -0.05) is 82.7 Å². The summed E-state index contributed by atoms with van der Waals surface area (Å²) < 4.78 is 0. The van der Waals surface area contributed by atoms with Crippen LogP contribution in [0, 0.1) is 0 Å². The van der Waals surface area contributed by atoms with E-state index in [1.54, 1.807) is 0 Å². The van der Waals surface area contributed by atoms with Crippen molar-refractivity contribution in [1.82, 2.24) is 0 Å². The lowest BCUT2D eigenvalue weighted by atomic mass is 9.79. The quantitative estimate of drug-likeness (QED) is 0.593. The summed E-state index contributed by atoms with van der Waals surface area (Å²) >= 11 is 0. The van der Waals surface area contributed by atoms with Crippen molar-refractivity contribution in [3.8, 4) is 0 Å². The van der Waals surface area contributed by atoms with Crippen LogP contribution in [-0.2, 0) is 6.42 Å². The number of hydrogen-bond acceptors (Lipinski definition) is 2. The molecule has 0 saturated carbocycles.